The number of nitrogens with zero attached hydrogens (tertiary/aromatic N) is 3. The Morgan fingerprint density at radius 3 is 2.93 bits per heavy atom. The molecule has 15 heavy (non-hydrogen) atoms. The average molecular weight is 272 g/mol. The van der Waals surface area contributed by atoms with Crippen molar-refractivity contribution >= 4 is 27.2 Å². The van der Waals surface area contributed by atoms with Gasteiger partial charge in [0.25, 0.3) is 0 Å². The molecule has 8 heteroatoms. The lowest BCUT2D eigenvalue weighted by Crippen LogP contribution is -2.38. The molecule has 0 aliphatic carbocycles. The Bertz CT molecular complexity index is 631. The summed E-state index contributed by atoms with van der Waals surface area (Å²) >= 11 is 3.12. The van der Waals surface area contributed by atoms with Crippen LogP contribution in [0, 0.1) is 0 Å². The number of fused-ring (bicyclic) bond motifs is 1. The number of nitrogens with one attached hydrogen (secondary N) is 1. The highest BCUT2D eigenvalue weighted by atomic mass is 79.9. The van der Waals surface area contributed by atoms with Crippen LogP contribution in [-0.4, -0.2) is 19.5 Å². The van der Waals surface area contributed by atoms with Crippen LogP contribution in [0.2, 0.25) is 0 Å². The predicted octanol–water partition coefficient (Wildman–Crippen LogP) is -0.842. The molecule has 3 N–H and O–H groups in total. The Kier molecular flexibility index (Phi) is 2.37. The molecule has 0 radical (unpaired) electrons. The molecule has 0 aliphatic heterocycles. The van der Waals surface area contributed by atoms with Crippen molar-refractivity contribution in [1.29, 1.82) is 0 Å². The molecular weight excluding hydrogens is 266 g/mol. The van der Waals surface area contributed by atoms with Crippen LogP contribution in [0.1, 0.15) is 0 Å². The van der Waals surface area contributed by atoms with Gasteiger partial charge in [-0.1, -0.05) is 0 Å². The van der Waals surface area contributed by atoms with E-state index in [1.54, 1.807) is 0 Å². The van der Waals surface area contributed by atoms with Crippen molar-refractivity contribution in [3.8, 4) is 0 Å². The lowest BCUT2D eigenvalue weighted by molar-refractivity contribution is 0.705. The second-order valence-corrected chi connectivity index (χ2v) is 3.55. The topological polar surface area (TPSA) is 107 Å². The summed E-state index contributed by atoms with van der Waals surface area (Å²) in [6.45, 7) is -0.121. The molecule has 0 unspecified atom stereocenters. The third-order valence-electron chi connectivity index (χ3n) is 1.83. The van der Waals surface area contributed by atoms with E-state index < -0.39 is 11.1 Å². The Labute approximate surface area is 91.1 Å². The third-order valence-corrected chi connectivity index (χ3v) is 2.22. The van der Waals surface area contributed by atoms with Gasteiger partial charge in [-0.15, -0.1) is 0 Å². The van der Waals surface area contributed by atoms with Gasteiger partial charge >= 0.3 is 11.1 Å². The molecule has 2 aromatic rings. The van der Waals surface area contributed by atoms with Crippen molar-refractivity contribution in [2.75, 3.05) is 0 Å². The summed E-state index contributed by atoms with van der Waals surface area (Å²) < 4.78 is 1.52. The fourth-order valence-corrected chi connectivity index (χ4v) is 1.45. The minimum Gasteiger partial charge on any atom is -0.313 e. The van der Waals surface area contributed by atoms with E-state index in [1.807, 2.05) is 0 Å². The molecule has 2 aromatic heterocycles. The number of halogens is 1. The first kappa shape index (κ1) is 9.99. The SMILES string of the molecule is NCn1c(=O)c(=O)[nH]c2ncc(Br)nc21. The fraction of sp³-hybridized carbons (Fsp3) is 0.143. The van der Waals surface area contributed by atoms with Crippen LogP contribution in [0.3, 0.4) is 0 Å². The molecule has 78 valence electrons. The quantitative estimate of drug-likeness (QED) is 0.658. The molecule has 0 saturated carbocycles. The number of aromatic nitrogens is 4. The summed E-state index contributed by atoms with van der Waals surface area (Å²) in [5.41, 5.74) is 4.34. The first-order chi connectivity index (χ1) is 7.13. The lowest BCUT2D eigenvalue weighted by atomic mass is 10.5. The van der Waals surface area contributed by atoms with Crippen molar-refractivity contribution in [3.05, 3.63) is 31.5 Å². The van der Waals surface area contributed by atoms with Gasteiger partial charge in [0.05, 0.1) is 12.9 Å². The van der Waals surface area contributed by atoms with Gasteiger partial charge < -0.3 is 5.73 Å². The largest absolute Gasteiger partial charge is 0.319 e. The van der Waals surface area contributed by atoms with Crippen LogP contribution in [0.5, 0.6) is 0 Å². The molecule has 0 saturated heterocycles. The van der Waals surface area contributed by atoms with Gasteiger partial charge in [-0.05, 0) is 15.9 Å². The first-order valence-corrected chi connectivity index (χ1v) is 4.78. The number of hydrogen-bond donors (Lipinski definition) is 2. The Morgan fingerprint density at radius 1 is 1.53 bits per heavy atom. The monoisotopic (exact) mass is 271 g/mol. The van der Waals surface area contributed by atoms with Gasteiger partial charge in [0.2, 0.25) is 0 Å². The Hall–Kier alpha value is -1.54. The van der Waals surface area contributed by atoms with Gasteiger partial charge in [0.1, 0.15) is 4.60 Å². The second-order valence-electron chi connectivity index (χ2n) is 2.73. The Morgan fingerprint density at radius 2 is 2.27 bits per heavy atom. The lowest BCUT2D eigenvalue weighted by Gasteiger charge is -2.04. The molecule has 0 fully saturated rings. The molecule has 7 nitrogen and oxygen atoms in total. The molecule has 2 heterocycles. The number of nitrogens with two attached hydrogens (primary N) is 1. The average Bonchev–Trinajstić information content (AvgIpc) is 2.21. The highest BCUT2D eigenvalue weighted by Crippen LogP contribution is 2.07. The van der Waals surface area contributed by atoms with E-state index in [-0.39, 0.29) is 18.0 Å². The summed E-state index contributed by atoms with van der Waals surface area (Å²) in [5, 5.41) is 0. The van der Waals surface area contributed by atoms with Gasteiger partial charge in [0.15, 0.2) is 11.3 Å². The van der Waals surface area contributed by atoms with E-state index in [0.29, 0.717) is 4.60 Å². The summed E-state index contributed by atoms with van der Waals surface area (Å²) in [6, 6.07) is 0. The highest BCUT2D eigenvalue weighted by molar-refractivity contribution is 9.10. The maximum absolute atomic E-state index is 11.4. The van der Waals surface area contributed by atoms with Crippen molar-refractivity contribution in [2.45, 2.75) is 6.67 Å². The molecule has 0 spiro atoms. The Balaban J connectivity index is 3.02. The van der Waals surface area contributed by atoms with E-state index in [4.69, 9.17) is 5.73 Å². The smallest absolute Gasteiger partial charge is 0.313 e. The molecule has 2 rings (SSSR count). The molecular formula is C7H6BrN5O2. The van der Waals surface area contributed by atoms with E-state index in [2.05, 4.69) is 30.9 Å². The zero-order chi connectivity index (χ0) is 11.0. The minimum absolute atomic E-state index is 0.121. The summed E-state index contributed by atoms with van der Waals surface area (Å²) in [4.78, 5) is 32.8. The van der Waals surface area contributed by atoms with Crippen LogP contribution >= 0.6 is 15.9 Å². The minimum atomic E-state index is -0.760. The van der Waals surface area contributed by atoms with Gasteiger partial charge in [-0.25, -0.2) is 9.97 Å². The maximum atomic E-state index is 11.4. The van der Waals surface area contributed by atoms with Gasteiger partial charge in [-0.2, -0.15) is 0 Å². The first-order valence-electron chi connectivity index (χ1n) is 3.99. The van der Waals surface area contributed by atoms with E-state index in [1.165, 1.54) is 6.20 Å². The normalized spacial score (nSPS) is 10.8. The predicted molar refractivity (Wildman–Crippen MR) is 56.3 cm³/mol. The van der Waals surface area contributed by atoms with Gasteiger partial charge in [-0.3, -0.25) is 19.1 Å². The van der Waals surface area contributed by atoms with Crippen LogP contribution < -0.4 is 16.9 Å². The van der Waals surface area contributed by atoms with Crippen molar-refractivity contribution in [2.24, 2.45) is 5.73 Å². The summed E-state index contributed by atoms with van der Waals surface area (Å²) in [5.74, 6) is 0. The molecule has 0 aromatic carbocycles. The van der Waals surface area contributed by atoms with Crippen molar-refractivity contribution < 1.29 is 0 Å². The van der Waals surface area contributed by atoms with Gasteiger partial charge in [0, 0.05) is 0 Å². The highest BCUT2D eigenvalue weighted by Gasteiger charge is 2.08. The van der Waals surface area contributed by atoms with Crippen LogP contribution in [0.4, 0.5) is 0 Å². The standard InChI is InChI=1S/C7H6BrN5O2/c8-3-1-10-4-5(11-3)13(2-9)7(15)6(14)12-4/h1H,2,9H2,(H,10,12,14). The molecule has 0 bridgehead atoms. The molecule has 0 atom stereocenters. The number of aromatic amines is 1. The third kappa shape index (κ3) is 1.57. The van der Waals surface area contributed by atoms with Crippen LogP contribution in [0.15, 0.2) is 20.4 Å². The molecule has 0 amide bonds. The number of hydrogen-bond acceptors (Lipinski definition) is 5. The van der Waals surface area contributed by atoms with E-state index in [0.717, 1.165) is 4.57 Å². The fourth-order valence-electron chi connectivity index (χ4n) is 1.18. The summed E-state index contributed by atoms with van der Waals surface area (Å²) in [6.07, 6.45) is 1.42. The number of rotatable bonds is 1. The van der Waals surface area contributed by atoms with Crippen molar-refractivity contribution in [1.82, 2.24) is 19.5 Å². The number of H-pyrrole nitrogens is 1. The zero-order valence-electron chi connectivity index (χ0n) is 7.40. The molecule has 0 aliphatic rings. The zero-order valence-corrected chi connectivity index (χ0v) is 8.98. The summed E-state index contributed by atoms with van der Waals surface area (Å²) in [7, 11) is 0. The van der Waals surface area contributed by atoms with Crippen LogP contribution in [-0.2, 0) is 6.67 Å². The maximum Gasteiger partial charge on any atom is 0.319 e. The second kappa shape index (κ2) is 3.55. The van der Waals surface area contributed by atoms with E-state index in [9.17, 15) is 9.59 Å². The van der Waals surface area contributed by atoms with E-state index >= 15 is 0 Å². The van der Waals surface area contributed by atoms with Crippen molar-refractivity contribution in [3.63, 3.8) is 0 Å². The van der Waals surface area contributed by atoms with Crippen LogP contribution in [0.25, 0.3) is 11.3 Å².